The van der Waals surface area contributed by atoms with Crippen LogP contribution in [0.25, 0.3) is 11.3 Å². The van der Waals surface area contributed by atoms with E-state index in [2.05, 4.69) is 10.1 Å². The summed E-state index contributed by atoms with van der Waals surface area (Å²) in [4.78, 5) is 28.9. The van der Waals surface area contributed by atoms with Gasteiger partial charge in [0.15, 0.2) is 22.4 Å². The van der Waals surface area contributed by atoms with Crippen molar-refractivity contribution in [1.82, 2.24) is 14.7 Å². The highest BCUT2D eigenvalue weighted by Gasteiger charge is 2.28. The van der Waals surface area contributed by atoms with E-state index in [1.807, 2.05) is 6.07 Å². The molecule has 1 unspecified atom stereocenters. The van der Waals surface area contributed by atoms with Gasteiger partial charge in [-0.1, -0.05) is 16.9 Å². The lowest BCUT2D eigenvalue weighted by Gasteiger charge is -2.12. The fourth-order valence-electron chi connectivity index (χ4n) is 3.32. The van der Waals surface area contributed by atoms with Crippen molar-refractivity contribution >= 4 is 17.7 Å². The summed E-state index contributed by atoms with van der Waals surface area (Å²) < 4.78 is 22.8. The number of carbonyl (C=O) groups is 1. The Hall–Kier alpha value is -3.27. The van der Waals surface area contributed by atoms with Gasteiger partial charge >= 0.3 is 5.97 Å². The van der Waals surface area contributed by atoms with Gasteiger partial charge in [0.05, 0.1) is 26.7 Å². The molecule has 1 atom stereocenters. The van der Waals surface area contributed by atoms with Crippen molar-refractivity contribution in [2.24, 2.45) is 0 Å². The van der Waals surface area contributed by atoms with E-state index in [4.69, 9.17) is 18.7 Å². The Bertz CT molecular complexity index is 1170. The molecular formula is C21H21N3O6S. The van der Waals surface area contributed by atoms with Gasteiger partial charge in [0.1, 0.15) is 12.3 Å². The molecule has 0 bridgehead atoms. The van der Waals surface area contributed by atoms with Crippen molar-refractivity contribution < 1.29 is 23.5 Å². The van der Waals surface area contributed by atoms with Gasteiger partial charge < -0.3 is 18.7 Å². The monoisotopic (exact) mass is 443 g/mol. The van der Waals surface area contributed by atoms with Crippen LogP contribution in [-0.2, 0) is 16.1 Å². The van der Waals surface area contributed by atoms with Crippen LogP contribution in [0.2, 0.25) is 0 Å². The number of hydrogen-bond acceptors (Lipinski definition) is 9. The molecule has 0 amide bonds. The summed E-state index contributed by atoms with van der Waals surface area (Å²) in [5.41, 5.74) is 1.75. The van der Waals surface area contributed by atoms with Crippen LogP contribution in [0.3, 0.4) is 0 Å². The summed E-state index contributed by atoms with van der Waals surface area (Å²) in [5.74, 6) is 1.88. The molecule has 0 aliphatic carbocycles. The summed E-state index contributed by atoms with van der Waals surface area (Å²) in [6.45, 7) is 1.75. The van der Waals surface area contributed by atoms with Crippen LogP contribution in [0, 0.1) is 6.92 Å². The van der Waals surface area contributed by atoms with Crippen LogP contribution < -0.4 is 15.0 Å². The highest BCUT2D eigenvalue weighted by molar-refractivity contribution is 7.99. The quantitative estimate of drug-likeness (QED) is 0.402. The van der Waals surface area contributed by atoms with E-state index < -0.39 is 5.97 Å². The molecule has 4 rings (SSSR count). The molecule has 9 nitrogen and oxygen atoms in total. The van der Waals surface area contributed by atoms with Crippen molar-refractivity contribution in [3.8, 4) is 22.8 Å². The van der Waals surface area contributed by atoms with Crippen LogP contribution in [-0.4, -0.2) is 40.6 Å². The number of esters is 1. The second kappa shape index (κ2) is 8.84. The average Bonchev–Trinajstić information content (AvgIpc) is 3.39. The van der Waals surface area contributed by atoms with Crippen LogP contribution in [0.15, 0.2) is 44.8 Å². The lowest BCUT2D eigenvalue weighted by atomic mass is 10.1. The maximum Gasteiger partial charge on any atom is 0.308 e. The molecule has 3 heterocycles. The Morgan fingerprint density at radius 1 is 1.23 bits per heavy atom. The molecule has 162 valence electrons. The standard InChI is InChI=1S/C21H21N3O6S/c1-12-6-19(25)24-15(11-31-21(24)22-12)9-20(26)29-10-14-8-17(30-23-14)13-4-5-16(27-2)18(7-13)28-3/h4-8,15H,9-11H2,1-3H3. The first kappa shape index (κ1) is 21.0. The SMILES string of the molecule is COc1ccc(-c2cc(COC(=O)CC3CSc4nc(C)cc(=O)n43)no2)cc1OC. The first-order valence-electron chi connectivity index (χ1n) is 9.55. The molecule has 31 heavy (non-hydrogen) atoms. The number of nitrogens with zero attached hydrogens (tertiary/aromatic N) is 3. The number of fused-ring (bicyclic) bond motifs is 1. The third-order valence-corrected chi connectivity index (χ3v) is 5.93. The number of aromatic nitrogens is 3. The molecule has 0 fully saturated rings. The van der Waals surface area contributed by atoms with Crippen molar-refractivity contribution in [3.63, 3.8) is 0 Å². The zero-order valence-electron chi connectivity index (χ0n) is 17.3. The van der Waals surface area contributed by atoms with Gasteiger partial charge in [-0.3, -0.25) is 14.2 Å². The summed E-state index contributed by atoms with van der Waals surface area (Å²) >= 11 is 1.46. The highest BCUT2D eigenvalue weighted by Crippen LogP contribution is 2.33. The summed E-state index contributed by atoms with van der Waals surface area (Å²) in [5, 5.41) is 4.60. The van der Waals surface area contributed by atoms with Crippen LogP contribution >= 0.6 is 11.8 Å². The van der Waals surface area contributed by atoms with Gasteiger partial charge in [0.25, 0.3) is 5.56 Å². The van der Waals surface area contributed by atoms with Gasteiger partial charge in [-0.15, -0.1) is 0 Å². The van der Waals surface area contributed by atoms with Crippen LogP contribution in [0.4, 0.5) is 0 Å². The third kappa shape index (κ3) is 4.43. The topological polar surface area (TPSA) is 106 Å². The molecule has 1 aromatic carbocycles. The van der Waals surface area contributed by atoms with Crippen molar-refractivity contribution in [1.29, 1.82) is 0 Å². The van der Waals surface area contributed by atoms with Gasteiger partial charge in [-0.05, 0) is 25.1 Å². The van der Waals surface area contributed by atoms with Crippen LogP contribution in [0.1, 0.15) is 23.9 Å². The van der Waals surface area contributed by atoms with E-state index in [9.17, 15) is 9.59 Å². The molecular weight excluding hydrogens is 422 g/mol. The first-order chi connectivity index (χ1) is 15.0. The number of ether oxygens (including phenoxy) is 3. The fourth-order valence-corrected chi connectivity index (χ4v) is 4.52. The van der Waals surface area contributed by atoms with Crippen molar-refractivity contribution in [3.05, 3.63) is 52.1 Å². The average molecular weight is 443 g/mol. The van der Waals surface area contributed by atoms with Gasteiger partial charge in [-0.25, -0.2) is 4.98 Å². The summed E-state index contributed by atoms with van der Waals surface area (Å²) in [6, 6.07) is 8.27. The van der Waals surface area contributed by atoms with E-state index >= 15 is 0 Å². The number of hydrogen-bond donors (Lipinski definition) is 0. The predicted octanol–water partition coefficient (Wildman–Crippen LogP) is 3.00. The Morgan fingerprint density at radius 3 is 2.81 bits per heavy atom. The smallest absolute Gasteiger partial charge is 0.308 e. The molecule has 1 aliphatic rings. The van der Waals surface area contributed by atoms with Gasteiger partial charge in [-0.2, -0.15) is 0 Å². The largest absolute Gasteiger partial charge is 0.493 e. The number of rotatable bonds is 7. The number of aryl methyl sites for hydroxylation is 1. The molecule has 0 saturated heterocycles. The molecule has 10 heteroatoms. The zero-order chi connectivity index (χ0) is 22.0. The maximum absolute atomic E-state index is 12.3. The van der Waals surface area contributed by atoms with Crippen LogP contribution in [0.5, 0.6) is 11.5 Å². The molecule has 0 spiro atoms. The lowest BCUT2D eigenvalue weighted by Crippen LogP contribution is -2.26. The second-order valence-electron chi connectivity index (χ2n) is 6.97. The molecule has 0 N–H and O–H groups in total. The van der Waals surface area contributed by atoms with Gasteiger partial charge in [0.2, 0.25) is 0 Å². The molecule has 2 aromatic heterocycles. The third-order valence-electron chi connectivity index (χ3n) is 4.83. The van der Waals surface area contributed by atoms with E-state index in [1.54, 1.807) is 43.9 Å². The predicted molar refractivity (Wildman–Crippen MR) is 112 cm³/mol. The van der Waals surface area contributed by atoms with Crippen molar-refractivity contribution in [2.45, 2.75) is 31.1 Å². The summed E-state index contributed by atoms with van der Waals surface area (Å²) in [7, 11) is 3.12. The van der Waals surface area contributed by atoms with E-state index in [1.165, 1.54) is 17.8 Å². The molecule has 1 aliphatic heterocycles. The molecule has 0 saturated carbocycles. The Kier molecular flexibility index (Phi) is 5.99. The number of benzene rings is 1. The minimum Gasteiger partial charge on any atom is -0.493 e. The Balaban J connectivity index is 1.38. The summed E-state index contributed by atoms with van der Waals surface area (Å²) in [6.07, 6.45) is 0.0883. The minimum absolute atomic E-state index is 0.0244. The van der Waals surface area contributed by atoms with E-state index in [0.717, 1.165) is 5.56 Å². The molecule has 0 radical (unpaired) electrons. The van der Waals surface area contributed by atoms with E-state index in [0.29, 0.717) is 39.6 Å². The van der Waals surface area contributed by atoms with Gasteiger partial charge in [0, 0.05) is 29.1 Å². The van der Waals surface area contributed by atoms with E-state index in [-0.39, 0.29) is 24.6 Å². The highest BCUT2D eigenvalue weighted by atomic mass is 32.2. The minimum atomic E-state index is -0.415. The Morgan fingerprint density at radius 2 is 2.03 bits per heavy atom. The Labute approximate surface area is 182 Å². The zero-order valence-corrected chi connectivity index (χ0v) is 18.1. The number of carbonyl (C=O) groups excluding carboxylic acids is 1. The second-order valence-corrected chi connectivity index (χ2v) is 7.96. The number of methoxy groups -OCH3 is 2. The normalized spacial score (nSPS) is 14.9. The molecule has 3 aromatic rings. The fraction of sp³-hybridized carbons (Fsp3) is 0.333. The lowest BCUT2D eigenvalue weighted by molar-refractivity contribution is -0.145. The first-order valence-corrected chi connectivity index (χ1v) is 10.5. The van der Waals surface area contributed by atoms with Crippen molar-refractivity contribution in [2.75, 3.05) is 20.0 Å². The maximum atomic E-state index is 12.3. The number of thioether (sulfide) groups is 1.